The third-order valence-electron chi connectivity index (χ3n) is 6.26. The van der Waals surface area contributed by atoms with E-state index in [2.05, 4.69) is 45.0 Å². The number of piperidine rings is 1. The highest BCUT2D eigenvalue weighted by Gasteiger charge is 2.45. The van der Waals surface area contributed by atoms with E-state index in [0.717, 1.165) is 32.4 Å². The van der Waals surface area contributed by atoms with E-state index < -0.39 is 0 Å². The molecule has 0 aromatic heterocycles. The fourth-order valence-electron chi connectivity index (χ4n) is 4.17. The molecule has 122 valence electrons. The second-order valence-corrected chi connectivity index (χ2v) is 8.05. The number of rotatable bonds is 2. The van der Waals surface area contributed by atoms with E-state index in [-0.39, 0.29) is 23.3 Å². The van der Waals surface area contributed by atoms with Gasteiger partial charge in [-0.3, -0.25) is 4.79 Å². The van der Waals surface area contributed by atoms with Crippen molar-refractivity contribution in [3.05, 3.63) is 0 Å². The minimum Gasteiger partial charge on any atom is -0.353 e. The van der Waals surface area contributed by atoms with Crippen molar-refractivity contribution in [2.75, 3.05) is 20.1 Å². The Balaban J connectivity index is 2.00. The van der Waals surface area contributed by atoms with Crippen molar-refractivity contribution in [1.82, 2.24) is 10.2 Å². The lowest BCUT2D eigenvalue weighted by atomic mass is 9.61. The normalized spacial score (nSPS) is 40.8. The minimum absolute atomic E-state index is 0.0174. The maximum atomic E-state index is 12.8. The third-order valence-corrected chi connectivity index (χ3v) is 6.26. The average Bonchev–Trinajstić information content (AvgIpc) is 2.39. The lowest BCUT2D eigenvalue weighted by Gasteiger charge is -2.46. The first-order chi connectivity index (χ1) is 9.73. The summed E-state index contributed by atoms with van der Waals surface area (Å²) in [5, 5.41) is 3.34. The molecule has 2 rings (SSSR count). The average molecular weight is 295 g/mol. The Hall–Kier alpha value is -0.610. The molecule has 1 heterocycles. The van der Waals surface area contributed by atoms with Crippen LogP contribution in [0.15, 0.2) is 0 Å². The number of nitrogens with one attached hydrogen (secondary N) is 1. The molecule has 1 saturated heterocycles. The fraction of sp³-hybridized carbons (Fsp3) is 0.941. The standard InChI is InChI=1S/C17H33N3O/c1-11-10-20(5)9-8-15(11)19-16(21)13-6-7-14(18)12(2)17(13,3)4/h11-15H,6-10,18H2,1-5H3,(H,19,21). The Labute approximate surface area is 129 Å². The third kappa shape index (κ3) is 3.42. The van der Waals surface area contributed by atoms with Crippen molar-refractivity contribution in [3.8, 4) is 0 Å². The summed E-state index contributed by atoms with van der Waals surface area (Å²) in [4.78, 5) is 15.1. The summed E-state index contributed by atoms with van der Waals surface area (Å²) >= 11 is 0. The monoisotopic (exact) mass is 295 g/mol. The van der Waals surface area contributed by atoms with Crippen LogP contribution in [0.5, 0.6) is 0 Å². The maximum absolute atomic E-state index is 12.8. The molecule has 2 fully saturated rings. The molecule has 4 heteroatoms. The molecule has 1 aliphatic carbocycles. The molecule has 0 aromatic rings. The van der Waals surface area contributed by atoms with Crippen LogP contribution in [0.3, 0.4) is 0 Å². The highest BCUT2D eigenvalue weighted by molar-refractivity contribution is 5.80. The van der Waals surface area contributed by atoms with Gasteiger partial charge in [0.05, 0.1) is 0 Å². The molecule has 0 aromatic carbocycles. The Kier molecular flexibility index (Phi) is 4.99. The molecule has 3 N–H and O–H groups in total. The van der Waals surface area contributed by atoms with Gasteiger partial charge in [-0.25, -0.2) is 0 Å². The van der Waals surface area contributed by atoms with Gasteiger partial charge in [-0.2, -0.15) is 0 Å². The predicted molar refractivity (Wildman–Crippen MR) is 86.9 cm³/mol. The SMILES string of the molecule is CC1CN(C)CCC1NC(=O)C1CCC(N)C(C)C1(C)C. The maximum Gasteiger partial charge on any atom is 0.223 e. The van der Waals surface area contributed by atoms with Gasteiger partial charge in [-0.1, -0.05) is 27.7 Å². The number of hydrogen-bond acceptors (Lipinski definition) is 3. The molecule has 0 bridgehead atoms. The van der Waals surface area contributed by atoms with Gasteiger partial charge in [0.2, 0.25) is 5.91 Å². The van der Waals surface area contributed by atoms with Crippen molar-refractivity contribution in [1.29, 1.82) is 0 Å². The van der Waals surface area contributed by atoms with Crippen LogP contribution in [-0.4, -0.2) is 43.0 Å². The van der Waals surface area contributed by atoms with Crippen LogP contribution in [0, 0.1) is 23.2 Å². The zero-order valence-corrected chi connectivity index (χ0v) is 14.4. The number of likely N-dealkylation sites (tertiary alicyclic amines) is 1. The largest absolute Gasteiger partial charge is 0.353 e. The van der Waals surface area contributed by atoms with Gasteiger partial charge in [0.1, 0.15) is 0 Å². The van der Waals surface area contributed by atoms with Gasteiger partial charge in [0.25, 0.3) is 0 Å². The van der Waals surface area contributed by atoms with Gasteiger partial charge in [0, 0.05) is 24.5 Å². The second kappa shape index (κ2) is 6.25. The van der Waals surface area contributed by atoms with Crippen LogP contribution >= 0.6 is 0 Å². The molecule has 4 nitrogen and oxygen atoms in total. The van der Waals surface area contributed by atoms with E-state index in [1.54, 1.807) is 0 Å². The molecule has 2 aliphatic rings. The van der Waals surface area contributed by atoms with Gasteiger partial charge < -0.3 is 16.0 Å². The van der Waals surface area contributed by atoms with Crippen molar-refractivity contribution in [2.24, 2.45) is 28.9 Å². The van der Waals surface area contributed by atoms with E-state index >= 15 is 0 Å². The summed E-state index contributed by atoms with van der Waals surface area (Å²) in [5.41, 5.74) is 6.18. The number of carbonyl (C=O) groups excluding carboxylic acids is 1. The van der Waals surface area contributed by atoms with Gasteiger partial charge in [-0.15, -0.1) is 0 Å². The van der Waals surface area contributed by atoms with E-state index in [9.17, 15) is 4.79 Å². The first-order valence-corrected chi connectivity index (χ1v) is 8.48. The molecule has 5 unspecified atom stereocenters. The molecule has 1 saturated carbocycles. The van der Waals surface area contributed by atoms with Crippen LogP contribution in [-0.2, 0) is 4.79 Å². The van der Waals surface area contributed by atoms with E-state index in [4.69, 9.17) is 5.73 Å². The van der Waals surface area contributed by atoms with Crippen LogP contribution < -0.4 is 11.1 Å². The number of nitrogens with zero attached hydrogens (tertiary/aromatic N) is 1. The summed E-state index contributed by atoms with van der Waals surface area (Å²) in [6, 6.07) is 0.557. The lowest BCUT2D eigenvalue weighted by molar-refractivity contribution is -0.134. The minimum atomic E-state index is -0.0174. The number of nitrogens with two attached hydrogens (primary N) is 1. The summed E-state index contributed by atoms with van der Waals surface area (Å²) in [7, 11) is 2.15. The second-order valence-electron chi connectivity index (χ2n) is 8.05. The lowest BCUT2D eigenvalue weighted by Crippen LogP contribution is -2.55. The Morgan fingerprint density at radius 3 is 2.52 bits per heavy atom. The van der Waals surface area contributed by atoms with Crippen LogP contribution in [0.4, 0.5) is 0 Å². The fourth-order valence-corrected chi connectivity index (χ4v) is 4.17. The predicted octanol–water partition coefficient (Wildman–Crippen LogP) is 1.84. The molecule has 1 amide bonds. The molecular formula is C17H33N3O. The molecule has 1 aliphatic heterocycles. The summed E-state index contributed by atoms with van der Waals surface area (Å²) in [5.74, 6) is 1.26. The quantitative estimate of drug-likeness (QED) is 0.817. The summed E-state index contributed by atoms with van der Waals surface area (Å²) in [6.07, 6.45) is 2.95. The van der Waals surface area contributed by atoms with Crippen molar-refractivity contribution < 1.29 is 4.79 Å². The molecule has 21 heavy (non-hydrogen) atoms. The van der Waals surface area contributed by atoms with Crippen LogP contribution in [0.2, 0.25) is 0 Å². The highest BCUT2D eigenvalue weighted by atomic mass is 16.2. The Morgan fingerprint density at radius 2 is 1.90 bits per heavy atom. The van der Waals surface area contributed by atoms with Crippen molar-refractivity contribution in [2.45, 2.75) is 59.0 Å². The Morgan fingerprint density at radius 1 is 1.24 bits per heavy atom. The molecule has 0 radical (unpaired) electrons. The summed E-state index contributed by atoms with van der Waals surface area (Å²) < 4.78 is 0. The van der Waals surface area contributed by atoms with Crippen LogP contribution in [0.1, 0.15) is 47.0 Å². The van der Waals surface area contributed by atoms with E-state index in [1.807, 2.05) is 0 Å². The zero-order chi connectivity index (χ0) is 15.8. The first-order valence-electron chi connectivity index (χ1n) is 8.48. The van der Waals surface area contributed by atoms with E-state index in [0.29, 0.717) is 17.9 Å². The molecule has 5 atom stereocenters. The Bertz CT molecular complexity index is 382. The number of hydrogen-bond donors (Lipinski definition) is 2. The topological polar surface area (TPSA) is 58.4 Å². The van der Waals surface area contributed by atoms with Crippen molar-refractivity contribution in [3.63, 3.8) is 0 Å². The zero-order valence-electron chi connectivity index (χ0n) is 14.4. The molecular weight excluding hydrogens is 262 g/mol. The smallest absolute Gasteiger partial charge is 0.223 e. The van der Waals surface area contributed by atoms with E-state index in [1.165, 1.54) is 0 Å². The van der Waals surface area contributed by atoms with Gasteiger partial charge >= 0.3 is 0 Å². The first kappa shape index (κ1) is 16.8. The summed E-state index contributed by atoms with van der Waals surface area (Å²) in [6.45, 7) is 11.0. The molecule has 0 spiro atoms. The van der Waals surface area contributed by atoms with Crippen LogP contribution in [0.25, 0.3) is 0 Å². The number of carbonyl (C=O) groups is 1. The highest BCUT2D eigenvalue weighted by Crippen LogP contribution is 2.44. The van der Waals surface area contributed by atoms with Gasteiger partial charge in [-0.05, 0) is 50.1 Å². The van der Waals surface area contributed by atoms with Gasteiger partial charge in [0.15, 0.2) is 0 Å². The number of amides is 1. The van der Waals surface area contributed by atoms with Crippen molar-refractivity contribution >= 4 is 5.91 Å².